The quantitative estimate of drug-likeness (QED) is 0.843. The molecule has 6 nitrogen and oxygen atoms in total. The number of carbonyl (C=O) groups is 2. The number of nitrogens with zero attached hydrogens (tertiary/aromatic N) is 1. The Bertz CT molecular complexity index is 793. The van der Waals surface area contributed by atoms with Gasteiger partial charge in [-0.1, -0.05) is 12.1 Å². The normalized spacial score (nSPS) is 19.4. The molecule has 1 aliphatic rings. The Morgan fingerprint density at radius 2 is 2.11 bits per heavy atom. The molecule has 1 aromatic carbocycles. The number of furan rings is 1. The van der Waals surface area contributed by atoms with Crippen molar-refractivity contribution >= 4 is 11.8 Å². The minimum Gasteiger partial charge on any atom is -0.459 e. The van der Waals surface area contributed by atoms with Crippen molar-refractivity contribution in [2.75, 3.05) is 6.54 Å². The summed E-state index contributed by atoms with van der Waals surface area (Å²) < 4.78 is 18.5. The van der Waals surface area contributed by atoms with E-state index in [0.717, 1.165) is 12.8 Å². The smallest absolute Gasteiger partial charge is 0.290 e. The molecule has 2 aromatic rings. The standard InChI is InChI=1S/C20H23FN2O4/c1-13(18(24)14-6-4-7-15(21)12-14)22-19(25)16-8-2-3-10-23(16)20(26)17-9-5-11-27-17/h4-7,9,11-13,16,18,24H,2-3,8,10H2,1H3,(H,22,25). The fourth-order valence-corrected chi connectivity index (χ4v) is 3.37. The molecule has 1 aromatic heterocycles. The van der Waals surface area contributed by atoms with Gasteiger partial charge in [-0.05, 0) is 56.0 Å². The summed E-state index contributed by atoms with van der Waals surface area (Å²) in [4.78, 5) is 26.9. The van der Waals surface area contributed by atoms with Crippen molar-refractivity contribution in [1.29, 1.82) is 0 Å². The van der Waals surface area contributed by atoms with E-state index in [0.29, 0.717) is 18.5 Å². The maximum atomic E-state index is 13.4. The summed E-state index contributed by atoms with van der Waals surface area (Å²) in [7, 11) is 0. The van der Waals surface area contributed by atoms with Gasteiger partial charge < -0.3 is 19.7 Å². The third-order valence-corrected chi connectivity index (χ3v) is 4.83. The molecule has 2 amide bonds. The monoisotopic (exact) mass is 374 g/mol. The van der Waals surface area contributed by atoms with E-state index in [1.54, 1.807) is 25.1 Å². The number of hydrogen-bond acceptors (Lipinski definition) is 4. The second-order valence-corrected chi connectivity index (χ2v) is 6.78. The summed E-state index contributed by atoms with van der Waals surface area (Å²) in [6, 6.07) is 7.57. The first-order valence-corrected chi connectivity index (χ1v) is 9.05. The summed E-state index contributed by atoms with van der Waals surface area (Å²) in [5, 5.41) is 13.2. The highest BCUT2D eigenvalue weighted by molar-refractivity contribution is 5.95. The molecule has 2 N–H and O–H groups in total. The highest BCUT2D eigenvalue weighted by atomic mass is 19.1. The largest absolute Gasteiger partial charge is 0.459 e. The second kappa shape index (κ2) is 8.35. The van der Waals surface area contributed by atoms with Crippen LogP contribution in [0.2, 0.25) is 0 Å². The van der Waals surface area contributed by atoms with Crippen LogP contribution in [0.1, 0.15) is 48.4 Å². The zero-order chi connectivity index (χ0) is 19.4. The minimum absolute atomic E-state index is 0.197. The maximum Gasteiger partial charge on any atom is 0.290 e. The molecule has 0 spiro atoms. The van der Waals surface area contributed by atoms with E-state index >= 15 is 0 Å². The second-order valence-electron chi connectivity index (χ2n) is 6.78. The summed E-state index contributed by atoms with van der Waals surface area (Å²) in [5.74, 6) is -0.911. The van der Waals surface area contributed by atoms with Crippen LogP contribution in [0.15, 0.2) is 47.1 Å². The fraction of sp³-hybridized carbons (Fsp3) is 0.400. The lowest BCUT2D eigenvalue weighted by atomic mass is 9.99. The third kappa shape index (κ3) is 4.36. The van der Waals surface area contributed by atoms with Crippen LogP contribution in [0, 0.1) is 5.82 Å². The lowest BCUT2D eigenvalue weighted by Gasteiger charge is -2.35. The highest BCUT2D eigenvalue weighted by Crippen LogP contribution is 2.22. The van der Waals surface area contributed by atoms with Crippen molar-refractivity contribution in [2.45, 2.75) is 44.4 Å². The van der Waals surface area contributed by atoms with Gasteiger partial charge in [0.25, 0.3) is 5.91 Å². The Balaban J connectivity index is 1.68. The number of halogens is 1. The van der Waals surface area contributed by atoms with Gasteiger partial charge in [-0.15, -0.1) is 0 Å². The van der Waals surface area contributed by atoms with Gasteiger partial charge in [0, 0.05) is 6.54 Å². The molecule has 1 fully saturated rings. The lowest BCUT2D eigenvalue weighted by Crippen LogP contribution is -2.54. The predicted molar refractivity (Wildman–Crippen MR) is 96.3 cm³/mol. The Kier molecular flexibility index (Phi) is 5.91. The molecule has 7 heteroatoms. The van der Waals surface area contributed by atoms with Gasteiger partial charge in [0.05, 0.1) is 18.4 Å². The molecule has 2 heterocycles. The van der Waals surface area contributed by atoms with Gasteiger partial charge in [0.15, 0.2) is 5.76 Å². The lowest BCUT2D eigenvalue weighted by molar-refractivity contribution is -0.128. The van der Waals surface area contributed by atoms with Crippen LogP contribution in [0.5, 0.6) is 0 Å². The van der Waals surface area contributed by atoms with Gasteiger partial charge in [0.1, 0.15) is 11.9 Å². The van der Waals surface area contributed by atoms with Crippen LogP contribution < -0.4 is 5.32 Å². The summed E-state index contributed by atoms with van der Waals surface area (Å²) >= 11 is 0. The Hall–Kier alpha value is -2.67. The van der Waals surface area contributed by atoms with E-state index in [4.69, 9.17) is 4.42 Å². The topological polar surface area (TPSA) is 82.8 Å². The molecular weight excluding hydrogens is 351 g/mol. The number of aliphatic hydroxyl groups excluding tert-OH is 1. The van der Waals surface area contributed by atoms with Crippen molar-refractivity contribution in [3.8, 4) is 0 Å². The summed E-state index contributed by atoms with van der Waals surface area (Å²) in [6.45, 7) is 2.12. The molecule has 0 saturated carbocycles. The molecule has 1 aliphatic heterocycles. The van der Waals surface area contributed by atoms with Crippen molar-refractivity contribution in [2.24, 2.45) is 0 Å². The molecular formula is C20H23FN2O4. The van der Waals surface area contributed by atoms with E-state index in [1.807, 2.05) is 0 Å². The zero-order valence-corrected chi connectivity index (χ0v) is 15.1. The van der Waals surface area contributed by atoms with Crippen molar-refractivity contribution in [3.05, 3.63) is 59.8 Å². The van der Waals surface area contributed by atoms with E-state index < -0.39 is 24.0 Å². The van der Waals surface area contributed by atoms with Crippen molar-refractivity contribution in [3.63, 3.8) is 0 Å². The van der Waals surface area contributed by atoms with Crippen molar-refractivity contribution in [1.82, 2.24) is 10.2 Å². The molecule has 0 bridgehead atoms. The predicted octanol–water partition coefficient (Wildman–Crippen LogP) is 2.65. The van der Waals surface area contributed by atoms with Gasteiger partial charge in [-0.2, -0.15) is 0 Å². The number of benzene rings is 1. The molecule has 1 saturated heterocycles. The van der Waals surface area contributed by atoms with Crippen molar-refractivity contribution < 1.29 is 23.5 Å². The van der Waals surface area contributed by atoms with Gasteiger partial charge in [0.2, 0.25) is 5.91 Å². The van der Waals surface area contributed by atoms with Gasteiger partial charge in [-0.3, -0.25) is 9.59 Å². The molecule has 144 valence electrons. The highest BCUT2D eigenvalue weighted by Gasteiger charge is 2.34. The van der Waals surface area contributed by atoms with E-state index in [9.17, 15) is 19.1 Å². The van der Waals surface area contributed by atoms with Crippen LogP contribution in [-0.4, -0.2) is 40.4 Å². The number of likely N-dealkylation sites (tertiary alicyclic amines) is 1. The molecule has 3 atom stereocenters. The minimum atomic E-state index is -1.05. The summed E-state index contributed by atoms with van der Waals surface area (Å²) in [5.41, 5.74) is 0.384. The van der Waals surface area contributed by atoms with Gasteiger partial charge in [-0.25, -0.2) is 4.39 Å². The first-order chi connectivity index (χ1) is 13.0. The molecule has 0 radical (unpaired) electrons. The Morgan fingerprint density at radius 3 is 2.81 bits per heavy atom. The average molecular weight is 374 g/mol. The average Bonchev–Trinajstić information content (AvgIpc) is 3.21. The Morgan fingerprint density at radius 1 is 1.30 bits per heavy atom. The van der Waals surface area contributed by atoms with Crippen LogP contribution in [0.25, 0.3) is 0 Å². The number of nitrogens with one attached hydrogen (secondary N) is 1. The number of aliphatic hydroxyl groups is 1. The van der Waals surface area contributed by atoms with E-state index in [2.05, 4.69) is 5.32 Å². The number of amides is 2. The first kappa shape index (κ1) is 19.1. The fourth-order valence-electron chi connectivity index (χ4n) is 3.37. The maximum absolute atomic E-state index is 13.4. The first-order valence-electron chi connectivity index (χ1n) is 9.05. The molecule has 0 aliphatic carbocycles. The van der Waals surface area contributed by atoms with Crippen LogP contribution >= 0.6 is 0 Å². The Labute approximate surface area is 157 Å². The van der Waals surface area contributed by atoms with Crippen LogP contribution in [-0.2, 0) is 4.79 Å². The van der Waals surface area contributed by atoms with Crippen LogP contribution in [0.4, 0.5) is 4.39 Å². The number of piperidine rings is 1. The van der Waals surface area contributed by atoms with Gasteiger partial charge >= 0.3 is 0 Å². The number of hydrogen-bond donors (Lipinski definition) is 2. The number of carbonyl (C=O) groups excluding carboxylic acids is 2. The molecule has 27 heavy (non-hydrogen) atoms. The SMILES string of the molecule is CC(NC(=O)C1CCCCN1C(=O)c1ccco1)C(O)c1cccc(F)c1. The van der Waals surface area contributed by atoms with E-state index in [-0.39, 0.29) is 17.6 Å². The summed E-state index contributed by atoms with van der Waals surface area (Å²) in [6.07, 6.45) is 2.56. The molecule has 3 rings (SSSR count). The third-order valence-electron chi connectivity index (χ3n) is 4.83. The van der Waals surface area contributed by atoms with E-state index in [1.165, 1.54) is 29.4 Å². The van der Waals surface area contributed by atoms with Crippen LogP contribution in [0.3, 0.4) is 0 Å². The zero-order valence-electron chi connectivity index (χ0n) is 15.1. The molecule has 3 unspecified atom stereocenters. The number of rotatable bonds is 5.